The van der Waals surface area contributed by atoms with Crippen molar-refractivity contribution in [1.82, 2.24) is 10.6 Å². The van der Waals surface area contributed by atoms with E-state index in [9.17, 15) is 4.39 Å². The molecule has 5 heteroatoms. The van der Waals surface area contributed by atoms with E-state index in [4.69, 9.17) is 0 Å². The number of rotatable bonds is 4. The van der Waals surface area contributed by atoms with Crippen molar-refractivity contribution in [1.29, 1.82) is 0 Å². The summed E-state index contributed by atoms with van der Waals surface area (Å²) in [7, 11) is 1.72. The maximum atomic E-state index is 13.5. The number of nitrogens with one attached hydrogen (secondary N) is 2. The van der Waals surface area contributed by atoms with Crippen LogP contribution in [0.15, 0.2) is 53.5 Å². The number of nitrogens with zero attached hydrogens (tertiary/aromatic N) is 1. The molecule has 2 aromatic rings. The van der Waals surface area contributed by atoms with E-state index in [2.05, 4.69) is 27.8 Å². The van der Waals surface area contributed by atoms with Gasteiger partial charge in [0.2, 0.25) is 0 Å². The molecule has 0 atom stereocenters. The van der Waals surface area contributed by atoms with Crippen molar-refractivity contribution >= 4 is 29.9 Å². The van der Waals surface area contributed by atoms with E-state index in [1.165, 1.54) is 5.56 Å². The minimum absolute atomic E-state index is 0. The van der Waals surface area contributed by atoms with Crippen LogP contribution in [0.25, 0.3) is 0 Å². The molecule has 0 aliphatic heterocycles. The van der Waals surface area contributed by atoms with Crippen molar-refractivity contribution in [2.45, 2.75) is 20.0 Å². The predicted molar refractivity (Wildman–Crippen MR) is 100 cm³/mol. The molecule has 0 radical (unpaired) electrons. The number of guanidine groups is 1. The van der Waals surface area contributed by atoms with E-state index in [1.807, 2.05) is 24.3 Å². The molecule has 0 aromatic heterocycles. The molecule has 0 heterocycles. The molecule has 0 bridgehead atoms. The Morgan fingerprint density at radius 2 is 1.64 bits per heavy atom. The lowest BCUT2D eigenvalue weighted by Gasteiger charge is -2.12. The Kier molecular flexibility index (Phi) is 7.87. The average molecular weight is 413 g/mol. The van der Waals surface area contributed by atoms with E-state index in [0.29, 0.717) is 24.6 Å². The van der Waals surface area contributed by atoms with Crippen molar-refractivity contribution in [3.05, 3.63) is 71.0 Å². The topological polar surface area (TPSA) is 36.4 Å². The van der Waals surface area contributed by atoms with E-state index < -0.39 is 0 Å². The first-order valence-electron chi connectivity index (χ1n) is 6.92. The van der Waals surface area contributed by atoms with Gasteiger partial charge in [-0.2, -0.15) is 0 Å². The van der Waals surface area contributed by atoms with Crippen LogP contribution >= 0.6 is 24.0 Å². The molecule has 22 heavy (non-hydrogen) atoms. The first-order valence-corrected chi connectivity index (χ1v) is 6.92. The molecule has 0 fully saturated rings. The van der Waals surface area contributed by atoms with Crippen molar-refractivity contribution in [3.8, 4) is 0 Å². The minimum atomic E-state index is -0.179. The second-order valence-electron chi connectivity index (χ2n) is 4.85. The summed E-state index contributed by atoms with van der Waals surface area (Å²) in [6.07, 6.45) is 0. The minimum Gasteiger partial charge on any atom is -0.352 e. The maximum Gasteiger partial charge on any atom is 0.191 e. The Morgan fingerprint density at radius 1 is 1.00 bits per heavy atom. The molecule has 0 amide bonds. The lowest BCUT2D eigenvalue weighted by molar-refractivity contribution is 0.615. The maximum absolute atomic E-state index is 13.5. The van der Waals surface area contributed by atoms with Crippen molar-refractivity contribution < 1.29 is 4.39 Å². The van der Waals surface area contributed by atoms with E-state index in [0.717, 1.165) is 5.56 Å². The average Bonchev–Trinajstić information content (AvgIpc) is 2.52. The molecule has 0 saturated carbocycles. The third kappa shape index (κ3) is 5.63. The largest absolute Gasteiger partial charge is 0.352 e. The normalized spacial score (nSPS) is 10.8. The predicted octanol–water partition coefficient (Wildman–Crippen LogP) is 3.62. The highest BCUT2D eigenvalue weighted by molar-refractivity contribution is 14.0. The smallest absolute Gasteiger partial charge is 0.191 e. The summed E-state index contributed by atoms with van der Waals surface area (Å²) in [5, 5.41) is 6.40. The molecular weight excluding hydrogens is 392 g/mol. The summed E-state index contributed by atoms with van der Waals surface area (Å²) >= 11 is 0. The first-order chi connectivity index (χ1) is 10.2. The van der Waals surface area contributed by atoms with Crippen LogP contribution < -0.4 is 10.6 Å². The molecule has 2 N–H and O–H groups in total. The number of halogens is 2. The van der Waals surface area contributed by atoms with E-state index >= 15 is 0 Å². The van der Waals surface area contributed by atoms with Gasteiger partial charge in [-0.1, -0.05) is 42.5 Å². The molecule has 0 unspecified atom stereocenters. The molecular formula is C17H21FIN3. The summed E-state index contributed by atoms with van der Waals surface area (Å²) in [6, 6.07) is 15.3. The van der Waals surface area contributed by atoms with Crippen LogP contribution in [0, 0.1) is 12.7 Å². The van der Waals surface area contributed by atoms with Gasteiger partial charge in [0.05, 0.1) is 0 Å². The van der Waals surface area contributed by atoms with Gasteiger partial charge in [-0.25, -0.2) is 4.39 Å². The lowest BCUT2D eigenvalue weighted by Crippen LogP contribution is -2.36. The standard InChI is InChI=1S/C17H20FN3.HI/c1-13-8-9-15(10-16(13)18)12-21-17(19-2)20-11-14-6-4-3-5-7-14;/h3-10H,11-12H2,1-2H3,(H2,19,20,21);1H. The second-order valence-corrected chi connectivity index (χ2v) is 4.85. The first kappa shape index (κ1) is 18.4. The molecule has 2 rings (SSSR count). The third-order valence-corrected chi connectivity index (χ3v) is 3.22. The van der Waals surface area contributed by atoms with Crippen LogP contribution in [0.1, 0.15) is 16.7 Å². The highest BCUT2D eigenvalue weighted by Gasteiger charge is 2.01. The Hall–Kier alpha value is -1.63. The number of aryl methyl sites for hydroxylation is 1. The van der Waals surface area contributed by atoms with Crippen LogP contribution in [0.4, 0.5) is 4.39 Å². The Bertz CT molecular complexity index is 615. The zero-order valence-electron chi connectivity index (χ0n) is 12.8. The zero-order valence-corrected chi connectivity index (χ0v) is 15.1. The highest BCUT2D eigenvalue weighted by atomic mass is 127. The van der Waals surface area contributed by atoms with Crippen LogP contribution in [-0.2, 0) is 13.1 Å². The van der Waals surface area contributed by atoms with Gasteiger partial charge in [-0.05, 0) is 29.7 Å². The molecule has 0 saturated heterocycles. The Labute approximate surface area is 148 Å². The summed E-state index contributed by atoms with van der Waals surface area (Å²) in [6.45, 7) is 2.99. The SMILES string of the molecule is CN=C(NCc1ccccc1)NCc1ccc(C)c(F)c1.I. The van der Waals surface area contributed by atoms with Crippen molar-refractivity contribution in [2.75, 3.05) is 7.05 Å². The quantitative estimate of drug-likeness (QED) is 0.457. The Morgan fingerprint density at radius 3 is 2.23 bits per heavy atom. The molecule has 0 aliphatic rings. The van der Waals surface area contributed by atoms with Gasteiger partial charge >= 0.3 is 0 Å². The molecule has 118 valence electrons. The number of aliphatic imine (C=N–C) groups is 1. The fourth-order valence-electron chi connectivity index (χ4n) is 1.93. The van der Waals surface area contributed by atoms with E-state index in [1.54, 1.807) is 26.1 Å². The Balaban J connectivity index is 0.00000242. The van der Waals surface area contributed by atoms with Gasteiger partial charge in [0, 0.05) is 20.1 Å². The van der Waals surface area contributed by atoms with Gasteiger partial charge < -0.3 is 10.6 Å². The van der Waals surface area contributed by atoms with Crippen molar-refractivity contribution in [3.63, 3.8) is 0 Å². The lowest BCUT2D eigenvalue weighted by atomic mass is 10.1. The summed E-state index contributed by atoms with van der Waals surface area (Å²) in [5.41, 5.74) is 2.73. The van der Waals surface area contributed by atoms with Crippen molar-refractivity contribution in [2.24, 2.45) is 4.99 Å². The molecule has 3 nitrogen and oxygen atoms in total. The van der Waals surface area contributed by atoms with Gasteiger partial charge in [0.15, 0.2) is 5.96 Å². The monoisotopic (exact) mass is 413 g/mol. The second kappa shape index (κ2) is 9.40. The fourth-order valence-corrected chi connectivity index (χ4v) is 1.93. The number of hydrogen-bond donors (Lipinski definition) is 2. The van der Waals surface area contributed by atoms with Gasteiger partial charge in [-0.3, -0.25) is 4.99 Å². The van der Waals surface area contributed by atoms with Gasteiger partial charge in [0.25, 0.3) is 0 Å². The van der Waals surface area contributed by atoms with Gasteiger partial charge in [-0.15, -0.1) is 24.0 Å². The highest BCUT2D eigenvalue weighted by Crippen LogP contribution is 2.08. The molecule has 2 aromatic carbocycles. The summed E-state index contributed by atoms with van der Waals surface area (Å²) in [4.78, 5) is 4.16. The van der Waals surface area contributed by atoms with Crippen LogP contribution in [0.5, 0.6) is 0 Å². The third-order valence-electron chi connectivity index (χ3n) is 3.22. The van der Waals surface area contributed by atoms with Crippen LogP contribution in [0.3, 0.4) is 0 Å². The van der Waals surface area contributed by atoms with Crippen LogP contribution in [0.2, 0.25) is 0 Å². The molecule has 0 aliphatic carbocycles. The van der Waals surface area contributed by atoms with Gasteiger partial charge in [0.1, 0.15) is 5.82 Å². The molecule has 0 spiro atoms. The zero-order chi connectivity index (χ0) is 15.1. The summed E-state index contributed by atoms with van der Waals surface area (Å²) < 4.78 is 13.5. The van der Waals surface area contributed by atoms with Crippen LogP contribution in [-0.4, -0.2) is 13.0 Å². The number of hydrogen-bond acceptors (Lipinski definition) is 1. The fraction of sp³-hybridized carbons (Fsp3) is 0.235. The summed E-state index contributed by atoms with van der Waals surface area (Å²) in [5.74, 6) is 0.515. The van der Waals surface area contributed by atoms with E-state index in [-0.39, 0.29) is 29.8 Å². The number of benzene rings is 2.